The number of nitrogens with one attached hydrogen (secondary N) is 1. The number of esters is 2. The van der Waals surface area contributed by atoms with Crippen LogP contribution in [0.3, 0.4) is 0 Å². The van der Waals surface area contributed by atoms with Gasteiger partial charge in [-0.15, -0.1) is 0 Å². The standard InChI is InChI=1S/C16H20BrNO4/c1-16(2,3)10-6-7-12(11(17)8-10)18-13(15(20)22-5)9-14(19)21-4/h6-9,18H,1-5H3/b13-9+. The van der Waals surface area contributed by atoms with E-state index in [1.165, 1.54) is 14.2 Å². The number of rotatable bonds is 4. The Kier molecular flexibility index (Phi) is 6.17. The maximum absolute atomic E-state index is 11.7. The summed E-state index contributed by atoms with van der Waals surface area (Å²) < 4.78 is 9.96. The number of benzene rings is 1. The third-order valence-corrected chi connectivity index (χ3v) is 3.63. The number of hydrogen-bond donors (Lipinski definition) is 1. The van der Waals surface area contributed by atoms with Gasteiger partial charge in [-0.1, -0.05) is 26.8 Å². The zero-order valence-corrected chi connectivity index (χ0v) is 14.9. The lowest BCUT2D eigenvalue weighted by atomic mass is 9.87. The highest BCUT2D eigenvalue weighted by atomic mass is 79.9. The number of hydrogen-bond acceptors (Lipinski definition) is 5. The van der Waals surface area contributed by atoms with Crippen molar-refractivity contribution >= 4 is 33.6 Å². The minimum atomic E-state index is -0.655. The second kappa shape index (κ2) is 7.45. The summed E-state index contributed by atoms with van der Waals surface area (Å²) in [6.45, 7) is 6.33. The first-order valence-electron chi connectivity index (χ1n) is 6.64. The molecule has 0 radical (unpaired) electrons. The first-order chi connectivity index (χ1) is 10.2. The summed E-state index contributed by atoms with van der Waals surface area (Å²) in [5.41, 5.74) is 1.79. The summed E-state index contributed by atoms with van der Waals surface area (Å²) in [6, 6.07) is 5.76. The van der Waals surface area contributed by atoms with E-state index >= 15 is 0 Å². The third kappa shape index (κ3) is 4.87. The fraction of sp³-hybridized carbons (Fsp3) is 0.375. The summed E-state index contributed by atoms with van der Waals surface area (Å²) in [5, 5.41) is 2.88. The van der Waals surface area contributed by atoms with E-state index < -0.39 is 11.9 Å². The van der Waals surface area contributed by atoms with Gasteiger partial charge in [-0.25, -0.2) is 9.59 Å². The van der Waals surface area contributed by atoms with E-state index in [-0.39, 0.29) is 11.1 Å². The van der Waals surface area contributed by atoms with Gasteiger partial charge in [0.25, 0.3) is 0 Å². The van der Waals surface area contributed by atoms with E-state index in [2.05, 4.69) is 51.5 Å². The average molecular weight is 370 g/mol. The number of ether oxygens (including phenoxy) is 2. The molecule has 0 fully saturated rings. The van der Waals surface area contributed by atoms with Crippen LogP contribution in [0, 0.1) is 0 Å². The van der Waals surface area contributed by atoms with Gasteiger partial charge in [0.1, 0.15) is 5.70 Å². The van der Waals surface area contributed by atoms with Crippen molar-refractivity contribution < 1.29 is 19.1 Å². The van der Waals surface area contributed by atoms with Crippen LogP contribution in [0.1, 0.15) is 26.3 Å². The fourth-order valence-electron chi connectivity index (χ4n) is 1.66. The molecule has 0 heterocycles. The van der Waals surface area contributed by atoms with Gasteiger partial charge in [0, 0.05) is 4.47 Å². The molecule has 1 rings (SSSR count). The predicted octanol–water partition coefficient (Wildman–Crippen LogP) is 3.39. The average Bonchev–Trinajstić information content (AvgIpc) is 2.46. The van der Waals surface area contributed by atoms with Crippen LogP contribution in [-0.2, 0) is 24.5 Å². The second-order valence-corrected chi connectivity index (χ2v) is 6.50. The summed E-state index contributed by atoms with van der Waals surface area (Å²) in [5.74, 6) is -1.30. The molecule has 120 valence electrons. The Hall–Kier alpha value is -1.82. The van der Waals surface area contributed by atoms with E-state index in [0.29, 0.717) is 5.69 Å². The number of methoxy groups -OCH3 is 2. The molecule has 0 aliphatic heterocycles. The van der Waals surface area contributed by atoms with Gasteiger partial charge in [0.15, 0.2) is 0 Å². The van der Waals surface area contributed by atoms with E-state index in [1.807, 2.05) is 18.2 Å². The van der Waals surface area contributed by atoms with Crippen molar-refractivity contribution in [3.63, 3.8) is 0 Å². The quantitative estimate of drug-likeness (QED) is 0.650. The zero-order chi connectivity index (χ0) is 16.9. The molecule has 0 aromatic heterocycles. The molecule has 1 aromatic rings. The molecule has 1 N–H and O–H groups in total. The van der Waals surface area contributed by atoms with E-state index in [4.69, 9.17) is 0 Å². The molecule has 0 aliphatic carbocycles. The largest absolute Gasteiger partial charge is 0.466 e. The number of carbonyl (C=O) groups is 2. The van der Waals surface area contributed by atoms with Crippen molar-refractivity contribution in [3.8, 4) is 0 Å². The van der Waals surface area contributed by atoms with Crippen molar-refractivity contribution in [1.29, 1.82) is 0 Å². The first kappa shape index (κ1) is 18.2. The molecule has 1 aromatic carbocycles. The van der Waals surface area contributed by atoms with Crippen molar-refractivity contribution in [2.75, 3.05) is 19.5 Å². The number of anilines is 1. The van der Waals surface area contributed by atoms with Crippen molar-refractivity contribution in [2.24, 2.45) is 0 Å². The Morgan fingerprint density at radius 3 is 2.27 bits per heavy atom. The number of carbonyl (C=O) groups excluding carboxylic acids is 2. The monoisotopic (exact) mass is 369 g/mol. The molecule has 0 unspecified atom stereocenters. The minimum Gasteiger partial charge on any atom is -0.466 e. The molecule has 0 saturated carbocycles. The Bertz CT molecular complexity index is 603. The lowest BCUT2D eigenvalue weighted by molar-refractivity contribution is -0.138. The van der Waals surface area contributed by atoms with Crippen LogP contribution >= 0.6 is 15.9 Å². The molecule has 5 nitrogen and oxygen atoms in total. The second-order valence-electron chi connectivity index (χ2n) is 5.64. The van der Waals surface area contributed by atoms with Crippen molar-refractivity contribution in [2.45, 2.75) is 26.2 Å². The lowest BCUT2D eigenvalue weighted by Gasteiger charge is -2.20. The SMILES string of the molecule is COC(=O)/C=C(/Nc1ccc(C(C)(C)C)cc1Br)C(=O)OC. The molecular formula is C16H20BrNO4. The Morgan fingerprint density at radius 1 is 1.18 bits per heavy atom. The van der Waals surface area contributed by atoms with Crippen LogP contribution in [0.4, 0.5) is 5.69 Å². The van der Waals surface area contributed by atoms with Crippen LogP contribution < -0.4 is 5.32 Å². The summed E-state index contributed by atoms with van der Waals surface area (Å²) in [4.78, 5) is 23.1. The molecule has 0 spiro atoms. The van der Waals surface area contributed by atoms with Gasteiger partial charge in [0.2, 0.25) is 0 Å². The van der Waals surface area contributed by atoms with Gasteiger partial charge in [-0.2, -0.15) is 0 Å². The van der Waals surface area contributed by atoms with Crippen LogP contribution in [0.15, 0.2) is 34.4 Å². The molecule has 0 amide bonds. The summed E-state index contributed by atoms with van der Waals surface area (Å²) in [6.07, 6.45) is 1.05. The van der Waals surface area contributed by atoms with Gasteiger partial charge in [0.05, 0.1) is 26.0 Å². The molecule has 0 aliphatic rings. The minimum absolute atomic E-state index is 0.00133. The fourth-order valence-corrected chi connectivity index (χ4v) is 2.14. The van der Waals surface area contributed by atoms with Gasteiger partial charge >= 0.3 is 11.9 Å². The highest BCUT2D eigenvalue weighted by Gasteiger charge is 2.17. The summed E-state index contributed by atoms with van der Waals surface area (Å²) in [7, 11) is 2.48. The van der Waals surface area contributed by atoms with Gasteiger partial charge in [-0.3, -0.25) is 0 Å². The highest BCUT2D eigenvalue weighted by molar-refractivity contribution is 9.10. The summed E-state index contributed by atoms with van der Waals surface area (Å²) >= 11 is 3.46. The van der Waals surface area contributed by atoms with Gasteiger partial charge < -0.3 is 14.8 Å². The van der Waals surface area contributed by atoms with Crippen LogP contribution in [-0.4, -0.2) is 26.2 Å². The van der Waals surface area contributed by atoms with Crippen molar-refractivity contribution in [1.82, 2.24) is 0 Å². The van der Waals surface area contributed by atoms with Crippen LogP contribution in [0.2, 0.25) is 0 Å². The Balaban J connectivity index is 3.12. The Morgan fingerprint density at radius 2 is 1.82 bits per heavy atom. The van der Waals surface area contributed by atoms with Crippen LogP contribution in [0.25, 0.3) is 0 Å². The zero-order valence-electron chi connectivity index (χ0n) is 13.3. The first-order valence-corrected chi connectivity index (χ1v) is 7.43. The third-order valence-electron chi connectivity index (χ3n) is 2.97. The maximum Gasteiger partial charge on any atom is 0.354 e. The van der Waals surface area contributed by atoms with E-state index in [1.54, 1.807) is 0 Å². The molecule has 0 saturated heterocycles. The highest BCUT2D eigenvalue weighted by Crippen LogP contribution is 2.30. The maximum atomic E-state index is 11.7. The lowest BCUT2D eigenvalue weighted by Crippen LogP contribution is -2.16. The van der Waals surface area contributed by atoms with Crippen LogP contribution in [0.5, 0.6) is 0 Å². The normalized spacial score (nSPS) is 11.8. The molecule has 0 bridgehead atoms. The van der Waals surface area contributed by atoms with E-state index in [0.717, 1.165) is 16.1 Å². The Labute approximate surface area is 138 Å². The molecular weight excluding hydrogens is 350 g/mol. The number of halogens is 1. The molecule has 22 heavy (non-hydrogen) atoms. The molecule has 6 heteroatoms. The van der Waals surface area contributed by atoms with Gasteiger partial charge in [-0.05, 0) is 39.0 Å². The predicted molar refractivity (Wildman–Crippen MR) is 88.6 cm³/mol. The van der Waals surface area contributed by atoms with Crippen molar-refractivity contribution in [3.05, 3.63) is 40.0 Å². The smallest absolute Gasteiger partial charge is 0.354 e. The molecule has 0 atom stereocenters. The van der Waals surface area contributed by atoms with E-state index in [9.17, 15) is 9.59 Å². The topological polar surface area (TPSA) is 64.6 Å².